The molecule has 1 fully saturated rings. The predicted octanol–water partition coefficient (Wildman–Crippen LogP) is 2.13. The summed E-state index contributed by atoms with van der Waals surface area (Å²) in [7, 11) is 0. The van der Waals surface area contributed by atoms with E-state index in [1.165, 1.54) is 5.56 Å². The number of aliphatic imine (C=N–C) groups is 1. The second-order valence-electron chi connectivity index (χ2n) is 5.92. The third-order valence-electron chi connectivity index (χ3n) is 4.13. The van der Waals surface area contributed by atoms with Gasteiger partial charge >= 0.3 is 0 Å². The lowest BCUT2D eigenvalue weighted by atomic mass is 9.97. The van der Waals surface area contributed by atoms with Crippen LogP contribution in [-0.4, -0.2) is 36.1 Å². The zero-order valence-electron chi connectivity index (χ0n) is 12.2. The van der Waals surface area contributed by atoms with Crippen molar-refractivity contribution < 1.29 is 0 Å². The maximum Gasteiger partial charge on any atom is 0.122 e. The van der Waals surface area contributed by atoms with Crippen LogP contribution in [0.2, 0.25) is 0 Å². The summed E-state index contributed by atoms with van der Waals surface area (Å²) in [4.78, 5) is 7.15. The SMILES string of the molecule is CC1=NNC(C2CN(Cc3ccccc3)CC2C)=NC1. The van der Waals surface area contributed by atoms with Crippen LogP contribution < -0.4 is 5.43 Å². The van der Waals surface area contributed by atoms with E-state index in [1.807, 2.05) is 6.92 Å². The van der Waals surface area contributed by atoms with Crippen molar-refractivity contribution in [1.29, 1.82) is 0 Å². The van der Waals surface area contributed by atoms with E-state index >= 15 is 0 Å². The molecule has 3 rings (SSSR count). The first kappa shape index (κ1) is 13.3. The van der Waals surface area contributed by atoms with Gasteiger partial charge in [-0.15, -0.1) is 0 Å². The standard InChI is InChI=1S/C16H22N4/c1-12-9-20(10-14-6-4-3-5-7-14)11-15(12)16-17-8-13(2)18-19-16/h3-7,12,15H,8-11H2,1-2H3,(H,17,19). The van der Waals surface area contributed by atoms with E-state index < -0.39 is 0 Å². The highest BCUT2D eigenvalue weighted by Gasteiger charge is 2.33. The lowest BCUT2D eigenvalue weighted by Gasteiger charge is -2.20. The van der Waals surface area contributed by atoms with Crippen molar-refractivity contribution in [2.24, 2.45) is 21.9 Å². The molecule has 0 aromatic heterocycles. The molecule has 4 nitrogen and oxygen atoms in total. The molecule has 0 aliphatic carbocycles. The van der Waals surface area contributed by atoms with Crippen LogP contribution in [-0.2, 0) is 6.54 Å². The second kappa shape index (κ2) is 5.75. The molecule has 0 radical (unpaired) electrons. The van der Waals surface area contributed by atoms with E-state index in [4.69, 9.17) is 0 Å². The van der Waals surface area contributed by atoms with E-state index in [1.54, 1.807) is 0 Å². The van der Waals surface area contributed by atoms with Crippen molar-refractivity contribution >= 4 is 11.5 Å². The summed E-state index contributed by atoms with van der Waals surface area (Å²) in [5.74, 6) is 2.17. The molecule has 0 spiro atoms. The summed E-state index contributed by atoms with van der Waals surface area (Å²) >= 11 is 0. The fraction of sp³-hybridized carbons (Fsp3) is 0.500. The van der Waals surface area contributed by atoms with Gasteiger partial charge in [0.2, 0.25) is 0 Å². The van der Waals surface area contributed by atoms with Crippen molar-refractivity contribution in [3.8, 4) is 0 Å². The Morgan fingerprint density at radius 3 is 2.75 bits per heavy atom. The van der Waals surface area contributed by atoms with Crippen molar-refractivity contribution in [2.75, 3.05) is 19.6 Å². The topological polar surface area (TPSA) is 40.0 Å². The number of nitrogens with zero attached hydrogens (tertiary/aromatic N) is 3. The molecular weight excluding hydrogens is 248 g/mol. The summed E-state index contributed by atoms with van der Waals surface area (Å²) in [6, 6.07) is 10.7. The smallest absolute Gasteiger partial charge is 0.122 e. The van der Waals surface area contributed by atoms with Gasteiger partial charge in [-0.1, -0.05) is 37.3 Å². The number of rotatable bonds is 3. The minimum absolute atomic E-state index is 0.482. The molecular formula is C16H22N4. The van der Waals surface area contributed by atoms with Crippen LogP contribution in [0.1, 0.15) is 19.4 Å². The molecule has 2 unspecified atom stereocenters. The summed E-state index contributed by atoms with van der Waals surface area (Å²) in [5.41, 5.74) is 5.58. The summed E-state index contributed by atoms with van der Waals surface area (Å²) in [6.45, 7) is 8.28. The molecule has 1 N–H and O–H groups in total. The quantitative estimate of drug-likeness (QED) is 0.914. The van der Waals surface area contributed by atoms with Gasteiger partial charge in [-0.25, -0.2) is 0 Å². The molecule has 0 amide bonds. The summed E-state index contributed by atoms with van der Waals surface area (Å²) in [6.07, 6.45) is 0. The van der Waals surface area contributed by atoms with Crippen molar-refractivity contribution in [2.45, 2.75) is 20.4 Å². The van der Waals surface area contributed by atoms with Crippen molar-refractivity contribution in [3.63, 3.8) is 0 Å². The highest BCUT2D eigenvalue weighted by molar-refractivity contribution is 5.94. The normalized spacial score (nSPS) is 26.9. The van der Waals surface area contributed by atoms with Gasteiger partial charge in [-0.2, -0.15) is 5.10 Å². The number of hydrogen-bond donors (Lipinski definition) is 1. The monoisotopic (exact) mass is 270 g/mol. The van der Waals surface area contributed by atoms with Gasteiger partial charge in [-0.05, 0) is 18.4 Å². The zero-order valence-corrected chi connectivity index (χ0v) is 12.2. The number of likely N-dealkylation sites (tertiary alicyclic amines) is 1. The Morgan fingerprint density at radius 1 is 1.25 bits per heavy atom. The fourth-order valence-electron chi connectivity index (χ4n) is 3.02. The van der Waals surface area contributed by atoms with Crippen molar-refractivity contribution in [1.82, 2.24) is 10.3 Å². The lowest BCUT2D eigenvalue weighted by molar-refractivity contribution is 0.318. The van der Waals surface area contributed by atoms with Crippen LogP contribution in [0.25, 0.3) is 0 Å². The molecule has 0 bridgehead atoms. The molecule has 2 atom stereocenters. The van der Waals surface area contributed by atoms with Crippen LogP contribution in [0, 0.1) is 11.8 Å². The fourth-order valence-corrected chi connectivity index (χ4v) is 3.02. The molecule has 0 saturated carbocycles. The van der Waals surface area contributed by atoms with E-state index in [2.05, 4.69) is 57.7 Å². The van der Waals surface area contributed by atoms with Crippen molar-refractivity contribution in [3.05, 3.63) is 35.9 Å². The number of nitrogens with one attached hydrogen (secondary N) is 1. The molecule has 4 heteroatoms. The van der Waals surface area contributed by atoms with Gasteiger partial charge in [0.15, 0.2) is 0 Å². The Kier molecular flexibility index (Phi) is 3.83. The molecule has 2 aliphatic rings. The Hall–Kier alpha value is -1.68. The Morgan fingerprint density at radius 2 is 2.05 bits per heavy atom. The van der Waals surface area contributed by atoms with E-state index in [-0.39, 0.29) is 0 Å². The minimum Gasteiger partial charge on any atom is -0.298 e. The lowest BCUT2D eigenvalue weighted by Crippen LogP contribution is -2.35. The van der Waals surface area contributed by atoms with Crippen LogP contribution in [0.15, 0.2) is 40.4 Å². The highest BCUT2D eigenvalue weighted by Crippen LogP contribution is 2.25. The molecule has 2 heterocycles. The van der Waals surface area contributed by atoms with E-state index in [0.29, 0.717) is 11.8 Å². The van der Waals surface area contributed by atoms with Gasteiger partial charge in [0.1, 0.15) is 5.84 Å². The first-order chi connectivity index (χ1) is 9.72. The number of benzene rings is 1. The third kappa shape index (κ3) is 2.90. The first-order valence-corrected chi connectivity index (χ1v) is 7.32. The second-order valence-corrected chi connectivity index (χ2v) is 5.92. The Bertz CT molecular complexity index is 521. The van der Waals surface area contributed by atoms with Crippen LogP contribution >= 0.6 is 0 Å². The highest BCUT2D eigenvalue weighted by atomic mass is 15.3. The first-order valence-electron chi connectivity index (χ1n) is 7.32. The molecule has 1 saturated heterocycles. The maximum absolute atomic E-state index is 4.63. The molecule has 1 aromatic rings. The van der Waals surface area contributed by atoms with E-state index in [9.17, 15) is 0 Å². The minimum atomic E-state index is 0.482. The van der Waals surface area contributed by atoms with Gasteiger partial charge in [0.25, 0.3) is 0 Å². The Labute approximate surface area is 120 Å². The average molecular weight is 270 g/mol. The van der Waals surface area contributed by atoms with Crippen LogP contribution in [0.3, 0.4) is 0 Å². The molecule has 2 aliphatic heterocycles. The maximum atomic E-state index is 4.63. The predicted molar refractivity (Wildman–Crippen MR) is 82.9 cm³/mol. The van der Waals surface area contributed by atoms with Gasteiger partial charge in [0, 0.05) is 25.6 Å². The number of hydrogen-bond acceptors (Lipinski definition) is 4. The largest absolute Gasteiger partial charge is 0.298 e. The summed E-state index contributed by atoms with van der Waals surface area (Å²) in [5, 5.41) is 4.32. The zero-order chi connectivity index (χ0) is 13.9. The average Bonchev–Trinajstić information content (AvgIpc) is 2.81. The summed E-state index contributed by atoms with van der Waals surface area (Å²) < 4.78 is 0. The van der Waals surface area contributed by atoms with E-state index in [0.717, 1.165) is 37.7 Å². The van der Waals surface area contributed by atoms with Crippen LogP contribution in [0.4, 0.5) is 0 Å². The van der Waals surface area contributed by atoms with Gasteiger partial charge in [0.05, 0.1) is 12.3 Å². The molecule has 106 valence electrons. The number of amidine groups is 1. The van der Waals surface area contributed by atoms with Gasteiger partial charge < -0.3 is 0 Å². The Balaban J connectivity index is 1.62. The van der Waals surface area contributed by atoms with Gasteiger partial charge in [-0.3, -0.25) is 15.3 Å². The van der Waals surface area contributed by atoms with Crippen LogP contribution in [0.5, 0.6) is 0 Å². The number of hydrazone groups is 1. The molecule has 1 aromatic carbocycles. The third-order valence-corrected chi connectivity index (χ3v) is 4.13. The molecule has 20 heavy (non-hydrogen) atoms.